The number of carboxylic acid groups (broad SMARTS) is 1. The Bertz CT molecular complexity index is 529. The number of hydrogen-bond acceptors (Lipinski definition) is 3. The van der Waals surface area contributed by atoms with Crippen LogP contribution in [0.5, 0.6) is 0 Å². The van der Waals surface area contributed by atoms with Crippen LogP contribution < -0.4 is 10.6 Å². The van der Waals surface area contributed by atoms with Crippen LogP contribution in [0.2, 0.25) is 0 Å². The molecule has 3 N–H and O–H groups in total. The summed E-state index contributed by atoms with van der Waals surface area (Å²) in [6, 6.07) is 4.91. The van der Waals surface area contributed by atoms with E-state index in [2.05, 4.69) is 10.6 Å². The summed E-state index contributed by atoms with van der Waals surface area (Å²) in [6.07, 6.45) is 0.700. The SMILES string of the molecule is O=C(NCC1(C(=O)O)CCOCC1)Nc1cccc(F)c1. The summed E-state index contributed by atoms with van der Waals surface area (Å²) >= 11 is 0. The summed E-state index contributed by atoms with van der Waals surface area (Å²) in [6.45, 7) is 0.728. The Labute approximate surface area is 121 Å². The van der Waals surface area contributed by atoms with Gasteiger partial charge in [0, 0.05) is 25.4 Å². The number of urea groups is 1. The number of aliphatic carboxylic acids is 1. The number of hydrogen-bond donors (Lipinski definition) is 3. The molecule has 0 bridgehead atoms. The van der Waals surface area contributed by atoms with Crippen LogP contribution in [0.3, 0.4) is 0 Å². The van der Waals surface area contributed by atoms with Crippen molar-refractivity contribution in [3.8, 4) is 0 Å². The minimum Gasteiger partial charge on any atom is -0.481 e. The van der Waals surface area contributed by atoms with Gasteiger partial charge in [0.1, 0.15) is 5.82 Å². The molecule has 1 saturated heterocycles. The maximum absolute atomic E-state index is 13.0. The third-order valence-electron chi connectivity index (χ3n) is 3.57. The molecule has 0 atom stereocenters. The fraction of sp³-hybridized carbons (Fsp3) is 0.429. The molecule has 0 saturated carbocycles. The first-order chi connectivity index (χ1) is 10.0. The summed E-state index contributed by atoms with van der Waals surface area (Å²) in [5, 5.41) is 14.3. The Morgan fingerprint density at radius 2 is 2.05 bits per heavy atom. The quantitative estimate of drug-likeness (QED) is 0.791. The highest BCUT2D eigenvalue weighted by atomic mass is 19.1. The largest absolute Gasteiger partial charge is 0.481 e. The molecular formula is C14H17FN2O4. The van der Waals surface area contributed by atoms with Gasteiger partial charge in [-0.3, -0.25) is 4.79 Å². The lowest BCUT2D eigenvalue weighted by Gasteiger charge is -2.33. The van der Waals surface area contributed by atoms with E-state index in [1.807, 2.05) is 0 Å². The topological polar surface area (TPSA) is 87.7 Å². The van der Waals surface area contributed by atoms with Gasteiger partial charge < -0.3 is 20.5 Å². The van der Waals surface area contributed by atoms with Crippen molar-refractivity contribution in [2.45, 2.75) is 12.8 Å². The molecule has 0 radical (unpaired) electrons. The van der Waals surface area contributed by atoms with Crippen LogP contribution >= 0.6 is 0 Å². The summed E-state index contributed by atoms with van der Waals surface area (Å²) in [5.41, 5.74) is -0.693. The highest BCUT2D eigenvalue weighted by molar-refractivity contribution is 5.89. The zero-order valence-electron chi connectivity index (χ0n) is 11.4. The van der Waals surface area contributed by atoms with Gasteiger partial charge in [-0.05, 0) is 31.0 Å². The highest BCUT2D eigenvalue weighted by Gasteiger charge is 2.40. The Morgan fingerprint density at radius 3 is 2.67 bits per heavy atom. The van der Waals surface area contributed by atoms with Gasteiger partial charge >= 0.3 is 12.0 Å². The number of nitrogens with one attached hydrogen (secondary N) is 2. The number of ether oxygens (including phenoxy) is 1. The van der Waals surface area contributed by atoms with Crippen molar-refractivity contribution < 1.29 is 23.8 Å². The predicted molar refractivity (Wildman–Crippen MR) is 73.5 cm³/mol. The molecule has 1 aliphatic rings. The molecule has 1 aliphatic heterocycles. The molecule has 7 heteroatoms. The summed E-state index contributed by atoms with van der Waals surface area (Å²) in [4.78, 5) is 23.2. The number of carbonyl (C=O) groups excluding carboxylic acids is 1. The first-order valence-electron chi connectivity index (χ1n) is 6.63. The standard InChI is InChI=1S/C14H17FN2O4/c15-10-2-1-3-11(8-10)17-13(20)16-9-14(12(18)19)4-6-21-7-5-14/h1-3,8H,4-7,9H2,(H,18,19)(H2,16,17,20). The van der Waals surface area contributed by atoms with Crippen LogP contribution in [0, 0.1) is 11.2 Å². The molecule has 2 amide bonds. The average Bonchev–Trinajstić information content (AvgIpc) is 2.46. The number of amides is 2. The second kappa shape index (κ2) is 6.53. The number of rotatable bonds is 4. The van der Waals surface area contributed by atoms with Crippen molar-refractivity contribution in [1.82, 2.24) is 5.32 Å². The number of anilines is 1. The smallest absolute Gasteiger partial charge is 0.319 e. The van der Waals surface area contributed by atoms with Crippen molar-refractivity contribution >= 4 is 17.7 Å². The molecule has 21 heavy (non-hydrogen) atoms. The van der Waals surface area contributed by atoms with E-state index in [9.17, 15) is 19.1 Å². The second-order valence-electron chi connectivity index (χ2n) is 5.02. The van der Waals surface area contributed by atoms with E-state index in [1.54, 1.807) is 6.07 Å². The minimum absolute atomic E-state index is 0.00679. The van der Waals surface area contributed by atoms with Crippen LogP contribution in [0.4, 0.5) is 14.9 Å². The Kier molecular flexibility index (Phi) is 4.74. The maximum atomic E-state index is 13.0. The molecular weight excluding hydrogens is 279 g/mol. The summed E-state index contributed by atoms with van der Waals surface area (Å²) < 4.78 is 18.2. The van der Waals surface area contributed by atoms with Crippen molar-refractivity contribution in [2.75, 3.05) is 25.1 Å². The number of carbonyl (C=O) groups is 2. The second-order valence-corrected chi connectivity index (χ2v) is 5.02. The van der Waals surface area contributed by atoms with Crippen molar-refractivity contribution in [3.63, 3.8) is 0 Å². The van der Waals surface area contributed by atoms with Crippen LogP contribution in [-0.2, 0) is 9.53 Å². The third-order valence-corrected chi connectivity index (χ3v) is 3.57. The van der Waals surface area contributed by atoms with Gasteiger partial charge in [-0.15, -0.1) is 0 Å². The van der Waals surface area contributed by atoms with Crippen molar-refractivity contribution in [2.24, 2.45) is 5.41 Å². The molecule has 1 fully saturated rings. The van der Waals surface area contributed by atoms with E-state index in [4.69, 9.17) is 4.74 Å². The van der Waals surface area contributed by atoms with Gasteiger partial charge in [-0.1, -0.05) is 6.07 Å². The Hall–Kier alpha value is -2.15. The van der Waals surface area contributed by atoms with Crippen LogP contribution in [0.1, 0.15) is 12.8 Å². The molecule has 1 aromatic carbocycles. The molecule has 114 valence electrons. The van der Waals surface area contributed by atoms with E-state index in [0.717, 1.165) is 0 Å². The lowest BCUT2D eigenvalue weighted by atomic mass is 9.80. The molecule has 0 aliphatic carbocycles. The molecule has 0 unspecified atom stereocenters. The van der Waals surface area contributed by atoms with Gasteiger partial charge in [-0.25, -0.2) is 9.18 Å². The number of halogens is 1. The first-order valence-corrected chi connectivity index (χ1v) is 6.63. The molecule has 2 rings (SSSR count). The van der Waals surface area contributed by atoms with E-state index in [-0.39, 0.29) is 6.54 Å². The number of carboxylic acids is 1. The van der Waals surface area contributed by atoms with Crippen LogP contribution in [0.25, 0.3) is 0 Å². The zero-order chi connectivity index (χ0) is 15.3. The lowest BCUT2D eigenvalue weighted by molar-refractivity contribution is -0.154. The summed E-state index contributed by atoms with van der Waals surface area (Å²) in [7, 11) is 0. The molecule has 1 aromatic rings. The van der Waals surface area contributed by atoms with Crippen molar-refractivity contribution in [1.29, 1.82) is 0 Å². The van der Waals surface area contributed by atoms with Gasteiger partial charge in [0.15, 0.2) is 0 Å². The maximum Gasteiger partial charge on any atom is 0.319 e. The normalized spacial score (nSPS) is 17.0. The minimum atomic E-state index is -1.00. The van der Waals surface area contributed by atoms with E-state index < -0.39 is 23.2 Å². The fourth-order valence-electron chi connectivity index (χ4n) is 2.22. The van der Waals surface area contributed by atoms with E-state index in [0.29, 0.717) is 31.7 Å². The van der Waals surface area contributed by atoms with E-state index >= 15 is 0 Å². The zero-order valence-corrected chi connectivity index (χ0v) is 11.4. The van der Waals surface area contributed by atoms with Gasteiger partial charge in [-0.2, -0.15) is 0 Å². The predicted octanol–water partition coefficient (Wildman–Crippen LogP) is 1.83. The Balaban J connectivity index is 1.91. The van der Waals surface area contributed by atoms with Gasteiger partial charge in [0.25, 0.3) is 0 Å². The van der Waals surface area contributed by atoms with Crippen LogP contribution in [0.15, 0.2) is 24.3 Å². The number of benzene rings is 1. The molecule has 1 heterocycles. The average molecular weight is 296 g/mol. The fourth-order valence-corrected chi connectivity index (χ4v) is 2.22. The summed E-state index contributed by atoms with van der Waals surface area (Å²) in [5.74, 6) is -1.41. The van der Waals surface area contributed by atoms with E-state index in [1.165, 1.54) is 18.2 Å². The van der Waals surface area contributed by atoms with Gasteiger partial charge in [0.05, 0.1) is 5.41 Å². The lowest BCUT2D eigenvalue weighted by Crippen LogP contribution is -2.47. The van der Waals surface area contributed by atoms with Crippen molar-refractivity contribution in [3.05, 3.63) is 30.1 Å². The monoisotopic (exact) mass is 296 g/mol. The third kappa shape index (κ3) is 3.91. The van der Waals surface area contributed by atoms with Crippen LogP contribution in [-0.4, -0.2) is 36.9 Å². The molecule has 0 spiro atoms. The van der Waals surface area contributed by atoms with Gasteiger partial charge in [0.2, 0.25) is 0 Å². The first kappa shape index (κ1) is 15.2. The molecule has 6 nitrogen and oxygen atoms in total. The molecule has 0 aromatic heterocycles. The highest BCUT2D eigenvalue weighted by Crippen LogP contribution is 2.30. The Morgan fingerprint density at radius 1 is 1.33 bits per heavy atom.